The van der Waals surface area contributed by atoms with Gasteiger partial charge in [0.25, 0.3) is 0 Å². The molecule has 0 aromatic carbocycles. The molecule has 0 bridgehead atoms. The van der Waals surface area contributed by atoms with Crippen LogP contribution in [0.4, 0.5) is 11.6 Å². The first-order chi connectivity index (χ1) is 10.5. The second-order valence-corrected chi connectivity index (χ2v) is 6.10. The number of rotatable bonds is 7. The first kappa shape index (κ1) is 16.7. The highest BCUT2D eigenvalue weighted by Gasteiger charge is 2.25. The number of hydrogen-bond acceptors (Lipinski definition) is 6. The van der Waals surface area contributed by atoms with Crippen LogP contribution < -0.4 is 5.32 Å². The largest absolute Gasteiger partial charge is 0.406 e. The van der Waals surface area contributed by atoms with E-state index < -0.39 is 4.92 Å². The lowest BCUT2D eigenvalue weighted by atomic mass is 10.0. The van der Waals surface area contributed by atoms with Gasteiger partial charge in [-0.1, -0.05) is 13.8 Å². The molecule has 0 aliphatic carbocycles. The average Bonchev–Trinajstić information content (AvgIpc) is 2.85. The van der Waals surface area contributed by atoms with Gasteiger partial charge in [-0.2, -0.15) is 0 Å². The predicted octanol–water partition coefficient (Wildman–Crippen LogP) is 1.49. The summed E-state index contributed by atoms with van der Waals surface area (Å²) in [7, 11) is 1.76. The van der Waals surface area contributed by atoms with E-state index in [-0.39, 0.29) is 5.82 Å². The van der Waals surface area contributed by atoms with Crippen LogP contribution in [0, 0.1) is 16.0 Å². The Kier molecular flexibility index (Phi) is 5.73. The molecule has 0 spiro atoms. The van der Waals surface area contributed by atoms with Crippen molar-refractivity contribution < 1.29 is 9.66 Å². The lowest BCUT2D eigenvalue weighted by molar-refractivity contribution is -0.388. The summed E-state index contributed by atoms with van der Waals surface area (Å²) in [5.41, 5.74) is 0. The van der Waals surface area contributed by atoms with Gasteiger partial charge in [0, 0.05) is 32.7 Å². The molecule has 8 heteroatoms. The summed E-state index contributed by atoms with van der Waals surface area (Å²) in [5.74, 6) is 0.913. The SMILES string of the molecule is CC(C)CC(CNc1c([N+](=O)[O-])ncn1C)N1CCOCC1. The van der Waals surface area contributed by atoms with Crippen molar-refractivity contribution in [3.05, 3.63) is 16.4 Å². The summed E-state index contributed by atoms with van der Waals surface area (Å²) in [6, 6.07) is 0.332. The number of nitrogens with one attached hydrogen (secondary N) is 1. The second kappa shape index (κ2) is 7.55. The third kappa shape index (κ3) is 4.17. The van der Waals surface area contributed by atoms with E-state index in [1.165, 1.54) is 6.33 Å². The van der Waals surface area contributed by atoms with Crippen molar-refractivity contribution in [1.29, 1.82) is 0 Å². The average molecular weight is 311 g/mol. The maximum Gasteiger partial charge on any atom is 0.406 e. The van der Waals surface area contributed by atoms with Gasteiger partial charge in [0.2, 0.25) is 12.1 Å². The van der Waals surface area contributed by atoms with Gasteiger partial charge in [0.15, 0.2) is 0 Å². The fourth-order valence-electron chi connectivity index (χ4n) is 2.82. The molecule has 1 saturated heterocycles. The molecule has 1 aliphatic rings. The van der Waals surface area contributed by atoms with Crippen LogP contribution in [0.3, 0.4) is 0 Å². The van der Waals surface area contributed by atoms with E-state index in [1.807, 2.05) is 0 Å². The molecular weight excluding hydrogens is 286 g/mol. The summed E-state index contributed by atoms with van der Waals surface area (Å²) >= 11 is 0. The lowest BCUT2D eigenvalue weighted by Gasteiger charge is -2.35. The van der Waals surface area contributed by atoms with E-state index >= 15 is 0 Å². The Bertz CT molecular complexity index is 497. The molecular formula is C14H25N5O3. The molecule has 1 atom stereocenters. The number of hydrogen-bond donors (Lipinski definition) is 1. The van der Waals surface area contributed by atoms with Gasteiger partial charge in [0.1, 0.15) is 0 Å². The van der Waals surface area contributed by atoms with Crippen molar-refractivity contribution in [3.8, 4) is 0 Å². The number of aryl methyl sites for hydroxylation is 1. The topological polar surface area (TPSA) is 85.5 Å². The zero-order chi connectivity index (χ0) is 16.1. The molecule has 22 heavy (non-hydrogen) atoms. The predicted molar refractivity (Wildman–Crippen MR) is 84.0 cm³/mol. The molecule has 0 amide bonds. The van der Waals surface area contributed by atoms with E-state index in [0.29, 0.717) is 24.3 Å². The van der Waals surface area contributed by atoms with E-state index in [4.69, 9.17) is 4.74 Å². The Morgan fingerprint density at radius 2 is 2.14 bits per heavy atom. The van der Waals surface area contributed by atoms with Crippen molar-refractivity contribution in [2.45, 2.75) is 26.3 Å². The van der Waals surface area contributed by atoms with Gasteiger partial charge < -0.3 is 20.2 Å². The number of imidazole rings is 1. The van der Waals surface area contributed by atoms with Gasteiger partial charge in [0.05, 0.1) is 13.2 Å². The number of ether oxygens (including phenoxy) is 1. The molecule has 1 aromatic rings. The van der Waals surface area contributed by atoms with Crippen molar-refractivity contribution in [1.82, 2.24) is 14.5 Å². The number of anilines is 1. The molecule has 1 fully saturated rings. The van der Waals surface area contributed by atoms with Gasteiger partial charge in [-0.25, -0.2) is 0 Å². The van der Waals surface area contributed by atoms with Crippen LogP contribution in [0.2, 0.25) is 0 Å². The highest BCUT2D eigenvalue weighted by atomic mass is 16.6. The first-order valence-corrected chi connectivity index (χ1v) is 7.70. The quantitative estimate of drug-likeness (QED) is 0.606. The van der Waals surface area contributed by atoms with Crippen molar-refractivity contribution in [2.24, 2.45) is 13.0 Å². The van der Waals surface area contributed by atoms with Crippen LogP contribution in [0.5, 0.6) is 0 Å². The van der Waals surface area contributed by atoms with Crippen LogP contribution >= 0.6 is 0 Å². The zero-order valence-electron chi connectivity index (χ0n) is 13.5. The normalized spacial score (nSPS) is 17.6. The van der Waals surface area contributed by atoms with Gasteiger partial charge >= 0.3 is 5.82 Å². The lowest BCUT2D eigenvalue weighted by Crippen LogP contribution is -2.47. The Balaban J connectivity index is 2.04. The third-order valence-corrected chi connectivity index (χ3v) is 3.90. The molecule has 8 nitrogen and oxygen atoms in total. The minimum atomic E-state index is -0.450. The molecule has 1 N–H and O–H groups in total. The maximum atomic E-state index is 11.0. The first-order valence-electron chi connectivity index (χ1n) is 7.70. The molecule has 124 valence electrons. The Hall–Kier alpha value is -1.67. The molecule has 0 radical (unpaired) electrons. The Morgan fingerprint density at radius 3 is 2.73 bits per heavy atom. The van der Waals surface area contributed by atoms with Crippen LogP contribution in [0.15, 0.2) is 6.33 Å². The monoisotopic (exact) mass is 311 g/mol. The highest BCUT2D eigenvalue weighted by molar-refractivity contribution is 5.52. The highest BCUT2D eigenvalue weighted by Crippen LogP contribution is 2.22. The van der Waals surface area contributed by atoms with Gasteiger partial charge in [-0.05, 0) is 22.2 Å². The summed E-state index contributed by atoms with van der Waals surface area (Å²) in [5, 5.41) is 14.2. The number of nitrogens with zero attached hydrogens (tertiary/aromatic N) is 4. The molecule has 1 aliphatic heterocycles. The third-order valence-electron chi connectivity index (χ3n) is 3.90. The molecule has 2 heterocycles. The number of morpholine rings is 1. The molecule has 0 saturated carbocycles. The van der Waals surface area contributed by atoms with Gasteiger partial charge in [-0.3, -0.25) is 9.47 Å². The maximum absolute atomic E-state index is 11.0. The van der Waals surface area contributed by atoms with Crippen LogP contribution in [-0.4, -0.2) is 58.3 Å². The molecule has 2 rings (SSSR count). The summed E-state index contributed by atoms with van der Waals surface area (Å²) in [6.07, 6.45) is 2.51. The van der Waals surface area contributed by atoms with E-state index in [9.17, 15) is 10.1 Å². The summed E-state index contributed by atoms with van der Waals surface area (Å²) in [6.45, 7) is 8.37. The summed E-state index contributed by atoms with van der Waals surface area (Å²) < 4.78 is 7.07. The fourth-order valence-corrected chi connectivity index (χ4v) is 2.82. The van der Waals surface area contributed by atoms with Crippen molar-refractivity contribution >= 4 is 11.6 Å². The van der Waals surface area contributed by atoms with Crippen LogP contribution in [-0.2, 0) is 11.8 Å². The second-order valence-electron chi connectivity index (χ2n) is 6.10. The minimum absolute atomic E-state index is 0.118. The van der Waals surface area contributed by atoms with Crippen LogP contribution in [0.25, 0.3) is 0 Å². The standard InChI is InChI=1S/C14H25N5O3/c1-11(2)8-12(18-4-6-22-7-5-18)9-15-13-14(19(20)21)16-10-17(13)3/h10-12,15H,4-9H2,1-3H3. The fraction of sp³-hybridized carbons (Fsp3) is 0.786. The van der Waals surface area contributed by atoms with Crippen molar-refractivity contribution in [3.63, 3.8) is 0 Å². The van der Waals surface area contributed by atoms with Crippen LogP contribution in [0.1, 0.15) is 20.3 Å². The molecule has 1 unspecified atom stereocenters. The Morgan fingerprint density at radius 1 is 1.45 bits per heavy atom. The van der Waals surface area contributed by atoms with E-state index in [0.717, 1.165) is 32.7 Å². The smallest absolute Gasteiger partial charge is 0.379 e. The minimum Gasteiger partial charge on any atom is -0.379 e. The Labute approximate surface area is 130 Å². The zero-order valence-corrected chi connectivity index (χ0v) is 13.5. The summed E-state index contributed by atoms with van der Waals surface area (Å²) in [4.78, 5) is 16.8. The van der Waals surface area contributed by atoms with Gasteiger partial charge in [-0.15, -0.1) is 0 Å². The number of nitro groups is 1. The van der Waals surface area contributed by atoms with Crippen molar-refractivity contribution in [2.75, 3.05) is 38.2 Å². The van der Waals surface area contributed by atoms with E-state index in [2.05, 4.69) is 29.0 Å². The van der Waals surface area contributed by atoms with E-state index in [1.54, 1.807) is 11.6 Å². The number of aromatic nitrogens is 2. The molecule has 1 aromatic heterocycles.